The van der Waals surface area contributed by atoms with E-state index >= 15 is 0 Å². The number of hydrogen-bond acceptors (Lipinski definition) is 2. The van der Waals surface area contributed by atoms with Crippen molar-refractivity contribution in [2.45, 2.75) is 44.9 Å². The van der Waals surface area contributed by atoms with Gasteiger partial charge in [0.2, 0.25) is 0 Å². The van der Waals surface area contributed by atoms with Crippen LogP contribution in [0.1, 0.15) is 44.9 Å². The Bertz CT molecular complexity index is 119. The van der Waals surface area contributed by atoms with Crippen molar-refractivity contribution in [3.63, 3.8) is 0 Å². The molecule has 2 heteroatoms. The average Bonchev–Trinajstić information content (AvgIpc) is 2.46. The third-order valence-corrected chi connectivity index (χ3v) is 3.19. The molecule has 0 aliphatic heterocycles. The zero-order chi connectivity index (χ0) is 10.1. The molecule has 0 spiro atoms. The molecular weight excluding hydrogens is 174 g/mol. The highest BCUT2D eigenvalue weighted by molar-refractivity contribution is 4.65. The standard InChI is InChI=1S/C12H25NO/c1-14-11-10-13-9-8-12-6-4-2-3-5-7-12/h12-13H,2-11H2,1H3. The maximum absolute atomic E-state index is 4.99. The van der Waals surface area contributed by atoms with E-state index < -0.39 is 0 Å². The predicted octanol–water partition coefficient (Wildman–Crippen LogP) is 2.58. The van der Waals surface area contributed by atoms with Crippen LogP contribution in [0, 0.1) is 5.92 Å². The molecule has 1 fully saturated rings. The van der Waals surface area contributed by atoms with Crippen molar-refractivity contribution in [2.24, 2.45) is 5.92 Å². The average molecular weight is 199 g/mol. The summed E-state index contributed by atoms with van der Waals surface area (Å²) in [4.78, 5) is 0. The monoisotopic (exact) mass is 199 g/mol. The maximum atomic E-state index is 4.99. The van der Waals surface area contributed by atoms with Gasteiger partial charge in [0.05, 0.1) is 6.61 Å². The Morgan fingerprint density at radius 3 is 2.43 bits per heavy atom. The van der Waals surface area contributed by atoms with E-state index in [1.807, 2.05) is 0 Å². The van der Waals surface area contributed by atoms with Crippen LogP contribution >= 0.6 is 0 Å². The molecule has 0 heterocycles. The van der Waals surface area contributed by atoms with Gasteiger partial charge in [-0.3, -0.25) is 0 Å². The fraction of sp³-hybridized carbons (Fsp3) is 1.00. The summed E-state index contributed by atoms with van der Waals surface area (Å²) in [5, 5.41) is 3.43. The molecule has 0 aromatic rings. The lowest BCUT2D eigenvalue weighted by Crippen LogP contribution is -2.22. The normalized spacial score (nSPS) is 19.5. The van der Waals surface area contributed by atoms with Crippen molar-refractivity contribution in [1.29, 1.82) is 0 Å². The van der Waals surface area contributed by atoms with Gasteiger partial charge in [0.25, 0.3) is 0 Å². The number of nitrogens with one attached hydrogen (secondary N) is 1. The summed E-state index contributed by atoms with van der Waals surface area (Å²) in [7, 11) is 1.76. The highest BCUT2D eigenvalue weighted by Gasteiger charge is 2.11. The zero-order valence-electron chi connectivity index (χ0n) is 9.56. The molecule has 0 aromatic heterocycles. The summed E-state index contributed by atoms with van der Waals surface area (Å²) in [6, 6.07) is 0. The maximum Gasteiger partial charge on any atom is 0.0587 e. The first kappa shape index (κ1) is 12.0. The Morgan fingerprint density at radius 1 is 1.07 bits per heavy atom. The van der Waals surface area contributed by atoms with E-state index in [2.05, 4.69) is 5.32 Å². The van der Waals surface area contributed by atoms with Gasteiger partial charge in [-0.2, -0.15) is 0 Å². The molecule has 0 radical (unpaired) electrons. The van der Waals surface area contributed by atoms with Gasteiger partial charge in [0.1, 0.15) is 0 Å². The minimum atomic E-state index is 0.838. The Morgan fingerprint density at radius 2 is 1.79 bits per heavy atom. The second-order valence-electron chi connectivity index (χ2n) is 4.39. The van der Waals surface area contributed by atoms with Crippen LogP contribution in [0.4, 0.5) is 0 Å². The van der Waals surface area contributed by atoms with Crippen molar-refractivity contribution in [3.05, 3.63) is 0 Å². The van der Waals surface area contributed by atoms with Crippen molar-refractivity contribution >= 4 is 0 Å². The second kappa shape index (κ2) is 8.25. The molecule has 0 unspecified atom stereocenters. The largest absolute Gasteiger partial charge is 0.383 e. The SMILES string of the molecule is COCCNCCC1CCCCCC1. The molecular formula is C12H25NO. The van der Waals surface area contributed by atoms with E-state index in [1.54, 1.807) is 7.11 Å². The zero-order valence-corrected chi connectivity index (χ0v) is 9.56. The van der Waals surface area contributed by atoms with Gasteiger partial charge in [-0.25, -0.2) is 0 Å². The third-order valence-electron chi connectivity index (χ3n) is 3.19. The molecule has 1 rings (SSSR count). The molecule has 0 saturated heterocycles. The second-order valence-corrected chi connectivity index (χ2v) is 4.39. The van der Waals surface area contributed by atoms with Crippen molar-refractivity contribution in [1.82, 2.24) is 5.32 Å². The van der Waals surface area contributed by atoms with Crippen LogP contribution in [0.3, 0.4) is 0 Å². The van der Waals surface area contributed by atoms with Crippen molar-refractivity contribution < 1.29 is 4.74 Å². The Balaban J connectivity index is 1.93. The molecule has 2 nitrogen and oxygen atoms in total. The molecule has 14 heavy (non-hydrogen) atoms. The number of rotatable bonds is 6. The summed E-state index contributed by atoms with van der Waals surface area (Å²) in [6.45, 7) is 3.02. The first-order valence-corrected chi connectivity index (χ1v) is 6.13. The third kappa shape index (κ3) is 5.61. The highest BCUT2D eigenvalue weighted by Crippen LogP contribution is 2.24. The van der Waals surface area contributed by atoms with Gasteiger partial charge in [0.15, 0.2) is 0 Å². The summed E-state index contributed by atoms with van der Waals surface area (Å²) < 4.78 is 4.99. The van der Waals surface area contributed by atoms with Crippen LogP contribution in [0.2, 0.25) is 0 Å². The van der Waals surface area contributed by atoms with E-state index in [0.717, 1.165) is 19.1 Å². The molecule has 0 amide bonds. The number of methoxy groups -OCH3 is 1. The minimum Gasteiger partial charge on any atom is -0.383 e. The molecule has 1 aliphatic carbocycles. The first-order valence-electron chi connectivity index (χ1n) is 6.13. The molecule has 1 N–H and O–H groups in total. The number of hydrogen-bond donors (Lipinski definition) is 1. The van der Waals surface area contributed by atoms with Crippen LogP contribution in [0.5, 0.6) is 0 Å². The van der Waals surface area contributed by atoms with E-state index in [9.17, 15) is 0 Å². The quantitative estimate of drug-likeness (QED) is 0.524. The van der Waals surface area contributed by atoms with Crippen LogP contribution in [-0.2, 0) is 4.74 Å². The molecule has 0 bridgehead atoms. The summed E-state index contributed by atoms with van der Waals surface area (Å²) in [5.74, 6) is 0.993. The van der Waals surface area contributed by atoms with Gasteiger partial charge in [-0.15, -0.1) is 0 Å². The van der Waals surface area contributed by atoms with Gasteiger partial charge >= 0.3 is 0 Å². The van der Waals surface area contributed by atoms with Gasteiger partial charge in [0, 0.05) is 13.7 Å². The van der Waals surface area contributed by atoms with Crippen LogP contribution in [0.25, 0.3) is 0 Å². The Labute approximate surface area is 88.4 Å². The summed E-state index contributed by atoms with van der Waals surface area (Å²) in [5.41, 5.74) is 0. The molecule has 0 aromatic carbocycles. The molecule has 1 aliphatic rings. The topological polar surface area (TPSA) is 21.3 Å². The lowest BCUT2D eigenvalue weighted by atomic mass is 9.97. The highest BCUT2D eigenvalue weighted by atomic mass is 16.5. The fourth-order valence-corrected chi connectivity index (χ4v) is 2.26. The molecule has 1 saturated carbocycles. The summed E-state index contributed by atoms with van der Waals surface area (Å²) in [6.07, 6.45) is 10.1. The lowest BCUT2D eigenvalue weighted by Gasteiger charge is -2.13. The van der Waals surface area contributed by atoms with E-state index in [-0.39, 0.29) is 0 Å². The fourth-order valence-electron chi connectivity index (χ4n) is 2.26. The van der Waals surface area contributed by atoms with Crippen LogP contribution < -0.4 is 5.32 Å². The smallest absolute Gasteiger partial charge is 0.0587 e. The van der Waals surface area contributed by atoms with Crippen molar-refractivity contribution in [3.8, 4) is 0 Å². The van der Waals surface area contributed by atoms with E-state index in [1.165, 1.54) is 51.5 Å². The van der Waals surface area contributed by atoms with Crippen molar-refractivity contribution in [2.75, 3.05) is 26.8 Å². The van der Waals surface area contributed by atoms with Crippen LogP contribution in [-0.4, -0.2) is 26.8 Å². The Kier molecular flexibility index (Phi) is 7.06. The minimum absolute atomic E-state index is 0.838. The number of ether oxygens (including phenoxy) is 1. The van der Waals surface area contributed by atoms with Crippen LogP contribution in [0.15, 0.2) is 0 Å². The van der Waals surface area contributed by atoms with E-state index in [4.69, 9.17) is 4.74 Å². The van der Waals surface area contributed by atoms with E-state index in [0.29, 0.717) is 0 Å². The lowest BCUT2D eigenvalue weighted by molar-refractivity contribution is 0.198. The Hall–Kier alpha value is -0.0800. The predicted molar refractivity (Wildman–Crippen MR) is 60.6 cm³/mol. The summed E-state index contributed by atoms with van der Waals surface area (Å²) >= 11 is 0. The van der Waals surface area contributed by atoms with Gasteiger partial charge in [-0.05, 0) is 18.9 Å². The molecule has 84 valence electrons. The van der Waals surface area contributed by atoms with Gasteiger partial charge in [-0.1, -0.05) is 38.5 Å². The molecule has 0 atom stereocenters. The first-order chi connectivity index (χ1) is 6.93. The van der Waals surface area contributed by atoms with Gasteiger partial charge < -0.3 is 10.1 Å².